The summed E-state index contributed by atoms with van der Waals surface area (Å²) >= 11 is 0. The van der Waals surface area contributed by atoms with Gasteiger partial charge in [0, 0.05) is 45.8 Å². The van der Waals surface area contributed by atoms with Gasteiger partial charge in [0.2, 0.25) is 0 Å². The van der Waals surface area contributed by atoms with E-state index in [1.165, 1.54) is 16.8 Å². The molecule has 0 bridgehead atoms. The Bertz CT molecular complexity index is 859. The van der Waals surface area contributed by atoms with E-state index in [-0.39, 0.29) is 11.5 Å². The normalized spacial score (nSPS) is 14.7. The van der Waals surface area contributed by atoms with Crippen LogP contribution in [0.5, 0.6) is 11.5 Å². The monoisotopic (exact) mass is 386 g/mol. The Labute approximate surface area is 164 Å². The third kappa shape index (κ3) is 4.89. The Hall–Kier alpha value is -2.87. The number of benzene rings is 1. The maximum Gasteiger partial charge on any atom is 0.274 e. The van der Waals surface area contributed by atoms with E-state index in [1.54, 1.807) is 19.1 Å². The molecule has 1 aliphatic rings. The Balaban J connectivity index is 1.41. The molecule has 0 radical (unpaired) electrons. The summed E-state index contributed by atoms with van der Waals surface area (Å²) in [6.45, 7) is 4.45. The molecule has 8 nitrogen and oxygen atoms in total. The second-order valence-corrected chi connectivity index (χ2v) is 6.67. The Kier molecular flexibility index (Phi) is 6.65. The van der Waals surface area contributed by atoms with Crippen molar-refractivity contribution in [3.05, 3.63) is 52.4 Å². The highest BCUT2D eigenvalue weighted by atomic mass is 16.5. The molecule has 150 valence electrons. The molecule has 1 aromatic heterocycles. The lowest BCUT2D eigenvalue weighted by Gasteiger charge is -2.34. The number of nitrogens with zero attached hydrogens (tertiary/aromatic N) is 4. The molecule has 0 spiro atoms. The number of hydrogen-bond acceptors (Lipinski definition) is 6. The van der Waals surface area contributed by atoms with Gasteiger partial charge in [-0.15, -0.1) is 0 Å². The molecule has 0 atom stereocenters. The van der Waals surface area contributed by atoms with Crippen molar-refractivity contribution in [2.24, 2.45) is 7.05 Å². The fraction of sp³-hybridized carbons (Fsp3) is 0.450. The highest BCUT2D eigenvalue weighted by Gasteiger charge is 2.23. The molecule has 1 fully saturated rings. The molecule has 2 aromatic rings. The smallest absolute Gasteiger partial charge is 0.274 e. The van der Waals surface area contributed by atoms with Gasteiger partial charge in [-0.3, -0.25) is 14.5 Å². The van der Waals surface area contributed by atoms with Gasteiger partial charge >= 0.3 is 0 Å². The van der Waals surface area contributed by atoms with E-state index >= 15 is 0 Å². The zero-order valence-electron chi connectivity index (χ0n) is 16.3. The summed E-state index contributed by atoms with van der Waals surface area (Å²) in [7, 11) is 3.18. The van der Waals surface area contributed by atoms with Crippen molar-refractivity contribution in [2.75, 3.05) is 46.4 Å². The van der Waals surface area contributed by atoms with Gasteiger partial charge in [-0.05, 0) is 24.6 Å². The molecule has 0 unspecified atom stereocenters. The molecule has 0 N–H and O–H groups in total. The third-order valence-electron chi connectivity index (χ3n) is 4.78. The second kappa shape index (κ2) is 9.36. The number of aromatic nitrogens is 2. The van der Waals surface area contributed by atoms with Crippen LogP contribution in [-0.2, 0) is 7.05 Å². The first-order valence-corrected chi connectivity index (χ1v) is 9.40. The number of carbonyl (C=O) groups is 1. The SMILES string of the molecule is COc1ccccc1OCCCN1CCN(C(=O)c2ccc(=O)n(C)n2)CC1. The van der Waals surface area contributed by atoms with E-state index in [1.807, 2.05) is 24.3 Å². The number of carbonyl (C=O) groups excluding carboxylic acids is 1. The van der Waals surface area contributed by atoms with Crippen LogP contribution in [0.1, 0.15) is 16.9 Å². The largest absolute Gasteiger partial charge is 0.493 e. The van der Waals surface area contributed by atoms with E-state index in [9.17, 15) is 9.59 Å². The van der Waals surface area contributed by atoms with Crippen LogP contribution in [0.3, 0.4) is 0 Å². The molecule has 1 aliphatic heterocycles. The average molecular weight is 386 g/mol. The van der Waals surface area contributed by atoms with Crippen molar-refractivity contribution in [1.82, 2.24) is 19.6 Å². The molecule has 1 saturated heterocycles. The van der Waals surface area contributed by atoms with Gasteiger partial charge in [0.25, 0.3) is 11.5 Å². The predicted molar refractivity (Wildman–Crippen MR) is 105 cm³/mol. The molecule has 2 heterocycles. The van der Waals surface area contributed by atoms with E-state index in [0.717, 1.165) is 37.6 Å². The zero-order chi connectivity index (χ0) is 19.9. The maximum atomic E-state index is 12.5. The highest BCUT2D eigenvalue weighted by Crippen LogP contribution is 2.25. The minimum Gasteiger partial charge on any atom is -0.493 e. The minimum atomic E-state index is -0.225. The fourth-order valence-electron chi connectivity index (χ4n) is 3.16. The van der Waals surface area contributed by atoms with Crippen molar-refractivity contribution >= 4 is 5.91 Å². The summed E-state index contributed by atoms with van der Waals surface area (Å²) in [5, 5.41) is 4.04. The summed E-state index contributed by atoms with van der Waals surface area (Å²) in [6, 6.07) is 10.5. The van der Waals surface area contributed by atoms with E-state index < -0.39 is 0 Å². The summed E-state index contributed by atoms with van der Waals surface area (Å²) in [5.41, 5.74) is 0.0810. The summed E-state index contributed by atoms with van der Waals surface area (Å²) in [5.74, 6) is 1.36. The fourth-order valence-corrected chi connectivity index (χ4v) is 3.16. The van der Waals surface area contributed by atoms with Crippen LogP contribution >= 0.6 is 0 Å². The van der Waals surface area contributed by atoms with Crippen molar-refractivity contribution in [1.29, 1.82) is 0 Å². The van der Waals surface area contributed by atoms with E-state index in [0.29, 0.717) is 25.4 Å². The van der Waals surface area contributed by atoms with Crippen LogP contribution in [0.25, 0.3) is 0 Å². The lowest BCUT2D eigenvalue weighted by atomic mass is 10.2. The van der Waals surface area contributed by atoms with E-state index in [2.05, 4.69) is 10.00 Å². The first-order valence-electron chi connectivity index (χ1n) is 9.40. The van der Waals surface area contributed by atoms with Gasteiger partial charge in [0.05, 0.1) is 13.7 Å². The minimum absolute atomic E-state index is 0.130. The molecule has 3 rings (SSSR count). The van der Waals surface area contributed by atoms with Crippen LogP contribution in [0, 0.1) is 0 Å². The number of methoxy groups -OCH3 is 1. The maximum absolute atomic E-state index is 12.5. The highest BCUT2D eigenvalue weighted by molar-refractivity contribution is 5.92. The number of amides is 1. The number of hydrogen-bond donors (Lipinski definition) is 0. The molecular weight excluding hydrogens is 360 g/mol. The van der Waals surface area contributed by atoms with Crippen molar-refractivity contribution < 1.29 is 14.3 Å². The van der Waals surface area contributed by atoms with Gasteiger partial charge in [-0.25, -0.2) is 4.68 Å². The lowest BCUT2D eigenvalue weighted by molar-refractivity contribution is 0.0622. The lowest BCUT2D eigenvalue weighted by Crippen LogP contribution is -2.49. The first kappa shape index (κ1) is 19.9. The summed E-state index contributed by atoms with van der Waals surface area (Å²) in [6.07, 6.45) is 0.897. The zero-order valence-corrected chi connectivity index (χ0v) is 16.3. The third-order valence-corrected chi connectivity index (χ3v) is 4.78. The number of aryl methyl sites for hydroxylation is 1. The molecule has 1 amide bonds. The van der Waals surface area contributed by atoms with Crippen molar-refractivity contribution in [3.63, 3.8) is 0 Å². The molecule has 0 aliphatic carbocycles. The number of piperazine rings is 1. The van der Waals surface area contributed by atoms with Gasteiger partial charge in [0.15, 0.2) is 11.5 Å². The van der Waals surface area contributed by atoms with Crippen LogP contribution in [-0.4, -0.2) is 71.9 Å². The Morgan fingerprint density at radius 1 is 1.07 bits per heavy atom. The van der Waals surface area contributed by atoms with Crippen LogP contribution < -0.4 is 15.0 Å². The molecular formula is C20H26N4O4. The Morgan fingerprint density at radius 2 is 1.79 bits per heavy atom. The average Bonchev–Trinajstić information content (AvgIpc) is 2.73. The predicted octanol–water partition coefficient (Wildman–Crippen LogP) is 1.02. The van der Waals surface area contributed by atoms with Crippen molar-refractivity contribution in [2.45, 2.75) is 6.42 Å². The number of rotatable bonds is 7. The standard InChI is InChI=1S/C20H26N4O4/c1-22-19(25)9-8-16(21-22)20(26)24-13-11-23(12-14-24)10-5-15-28-18-7-4-3-6-17(18)27-2/h3-4,6-9H,5,10-15H2,1-2H3. The van der Waals surface area contributed by atoms with Crippen LogP contribution in [0.4, 0.5) is 0 Å². The first-order chi connectivity index (χ1) is 13.6. The summed E-state index contributed by atoms with van der Waals surface area (Å²) < 4.78 is 12.3. The quantitative estimate of drug-likeness (QED) is 0.661. The molecule has 8 heteroatoms. The topological polar surface area (TPSA) is 76.9 Å². The summed E-state index contributed by atoms with van der Waals surface area (Å²) in [4.78, 5) is 28.1. The number of para-hydroxylation sites is 2. The van der Waals surface area contributed by atoms with Crippen LogP contribution in [0.2, 0.25) is 0 Å². The van der Waals surface area contributed by atoms with Crippen LogP contribution in [0.15, 0.2) is 41.2 Å². The van der Waals surface area contributed by atoms with Crippen molar-refractivity contribution in [3.8, 4) is 11.5 Å². The van der Waals surface area contributed by atoms with Gasteiger partial charge in [0.1, 0.15) is 5.69 Å². The Morgan fingerprint density at radius 3 is 2.46 bits per heavy atom. The van der Waals surface area contributed by atoms with Gasteiger partial charge < -0.3 is 14.4 Å². The second-order valence-electron chi connectivity index (χ2n) is 6.67. The van der Waals surface area contributed by atoms with Gasteiger partial charge in [-0.2, -0.15) is 5.10 Å². The van der Waals surface area contributed by atoms with E-state index in [4.69, 9.17) is 9.47 Å². The van der Waals surface area contributed by atoms with Gasteiger partial charge in [-0.1, -0.05) is 12.1 Å². The molecule has 0 saturated carbocycles. The molecule has 1 aromatic carbocycles. The molecule has 28 heavy (non-hydrogen) atoms. The number of ether oxygens (including phenoxy) is 2.